The Morgan fingerprint density at radius 2 is 1.07 bits per heavy atom. The van der Waals surface area contributed by atoms with Gasteiger partial charge in [0.05, 0.1) is 0 Å². The summed E-state index contributed by atoms with van der Waals surface area (Å²) in [6.07, 6.45) is 0. The second kappa shape index (κ2) is 8.59. The van der Waals surface area contributed by atoms with Crippen LogP contribution in [-0.4, -0.2) is 10.2 Å². The van der Waals surface area contributed by atoms with Gasteiger partial charge in [0.15, 0.2) is 0 Å². The SMILES string of the molecule is Cc1cc(C(C)C)c(O)c(P(c2ccccc2)c2cc(C)cc(C(C)C)c2O)c1. The van der Waals surface area contributed by atoms with Crippen LogP contribution in [0.15, 0.2) is 54.6 Å². The lowest BCUT2D eigenvalue weighted by Gasteiger charge is -2.25. The number of hydrogen-bond donors (Lipinski definition) is 2. The van der Waals surface area contributed by atoms with Crippen LogP contribution >= 0.6 is 7.92 Å². The number of aromatic hydroxyl groups is 2. The maximum atomic E-state index is 11.2. The molecule has 0 saturated heterocycles. The summed E-state index contributed by atoms with van der Waals surface area (Å²) in [6.45, 7) is 12.5. The molecule has 0 aliphatic rings. The Hall–Kier alpha value is -2.31. The number of phenolic OH excluding ortho intramolecular Hbond substituents is 2. The number of phenols is 2. The molecule has 0 amide bonds. The van der Waals surface area contributed by atoms with E-state index in [9.17, 15) is 10.2 Å². The van der Waals surface area contributed by atoms with Crippen molar-refractivity contribution in [3.63, 3.8) is 0 Å². The van der Waals surface area contributed by atoms with E-state index in [1.807, 2.05) is 18.2 Å². The fourth-order valence-corrected chi connectivity index (χ4v) is 6.41. The largest absolute Gasteiger partial charge is 0.507 e. The van der Waals surface area contributed by atoms with E-state index in [1.165, 1.54) is 0 Å². The third-order valence-electron chi connectivity index (χ3n) is 5.27. The second-order valence-electron chi connectivity index (χ2n) is 8.42. The van der Waals surface area contributed by atoms with Crippen molar-refractivity contribution >= 4 is 23.8 Å². The number of benzene rings is 3. The van der Waals surface area contributed by atoms with Gasteiger partial charge < -0.3 is 10.2 Å². The van der Waals surface area contributed by atoms with Gasteiger partial charge in [-0.25, -0.2) is 0 Å². The lowest BCUT2D eigenvalue weighted by Crippen LogP contribution is -2.23. The van der Waals surface area contributed by atoms with E-state index in [-0.39, 0.29) is 11.8 Å². The van der Waals surface area contributed by atoms with Crippen LogP contribution in [0.25, 0.3) is 0 Å². The van der Waals surface area contributed by atoms with Crippen molar-refractivity contribution in [3.05, 3.63) is 76.9 Å². The summed E-state index contributed by atoms with van der Waals surface area (Å²) in [6, 6.07) is 18.5. The average Bonchev–Trinajstić information content (AvgIpc) is 2.67. The van der Waals surface area contributed by atoms with Crippen molar-refractivity contribution in [1.29, 1.82) is 0 Å². The molecule has 29 heavy (non-hydrogen) atoms. The van der Waals surface area contributed by atoms with Gasteiger partial charge in [-0.05, 0) is 73.3 Å². The molecule has 3 rings (SSSR count). The van der Waals surface area contributed by atoms with E-state index in [0.29, 0.717) is 11.5 Å². The van der Waals surface area contributed by atoms with Crippen molar-refractivity contribution < 1.29 is 10.2 Å². The Kier molecular flexibility index (Phi) is 6.34. The fourth-order valence-electron chi connectivity index (χ4n) is 3.78. The van der Waals surface area contributed by atoms with E-state index in [1.54, 1.807) is 0 Å². The normalized spacial score (nSPS) is 11.6. The fraction of sp³-hybridized carbons (Fsp3) is 0.308. The van der Waals surface area contributed by atoms with Gasteiger partial charge in [0.25, 0.3) is 0 Å². The highest BCUT2D eigenvalue weighted by molar-refractivity contribution is 7.80. The Morgan fingerprint density at radius 3 is 1.45 bits per heavy atom. The third-order valence-corrected chi connectivity index (χ3v) is 7.73. The maximum Gasteiger partial charge on any atom is 0.127 e. The summed E-state index contributed by atoms with van der Waals surface area (Å²) in [5, 5.41) is 25.4. The smallest absolute Gasteiger partial charge is 0.127 e. The van der Waals surface area contributed by atoms with E-state index in [0.717, 1.165) is 38.2 Å². The molecular formula is C26H31O2P. The van der Waals surface area contributed by atoms with Gasteiger partial charge in [0, 0.05) is 10.6 Å². The van der Waals surface area contributed by atoms with E-state index < -0.39 is 7.92 Å². The number of aryl methyl sites for hydroxylation is 2. The van der Waals surface area contributed by atoms with Crippen LogP contribution in [0.3, 0.4) is 0 Å². The van der Waals surface area contributed by atoms with Crippen molar-refractivity contribution in [3.8, 4) is 11.5 Å². The van der Waals surface area contributed by atoms with Gasteiger partial charge in [-0.3, -0.25) is 0 Å². The monoisotopic (exact) mass is 406 g/mol. The van der Waals surface area contributed by atoms with Crippen LogP contribution in [0.2, 0.25) is 0 Å². The van der Waals surface area contributed by atoms with Crippen LogP contribution in [0, 0.1) is 13.8 Å². The lowest BCUT2D eigenvalue weighted by molar-refractivity contribution is 0.468. The van der Waals surface area contributed by atoms with Crippen LogP contribution < -0.4 is 15.9 Å². The molecule has 0 atom stereocenters. The average molecular weight is 407 g/mol. The molecule has 0 aliphatic heterocycles. The van der Waals surface area contributed by atoms with Crippen LogP contribution in [0.1, 0.15) is 61.8 Å². The summed E-state index contributed by atoms with van der Waals surface area (Å²) in [5.41, 5.74) is 4.17. The molecule has 0 spiro atoms. The summed E-state index contributed by atoms with van der Waals surface area (Å²) in [5.74, 6) is 1.15. The summed E-state index contributed by atoms with van der Waals surface area (Å²) < 4.78 is 0. The zero-order valence-corrected chi connectivity index (χ0v) is 19.1. The molecule has 3 aromatic carbocycles. The Morgan fingerprint density at radius 1 is 0.655 bits per heavy atom. The molecular weight excluding hydrogens is 375 g/mol. The minimum absolute atomic E-state index is 0.221. The van der Waals surface area contributed by atoms with Crippen molar-refractivity contribution in [2.24, 2.45) is 0 Å². The Labute approximate surface area is 176 Å². The number of rotatable bonds is 5. The molecule has 0 aliphatic carbocycles. The van der Waals surface area contributed by atoms with Gasteiger partial charge in [-0.1, -0.05) is 70.2 Å². The highest BCUT2D eigenvalue weighted by Crippen LogP contribution is 2.43. The maximum absolute atomic E-state index is 11.2. The molecule has 0 fully saturated rings. The first-order valence-electron chi connectivity index (χ1n) is 10.2. The lowest BCUT2D eigenvalue weighted by atomic mass is 10.00. The summed E-state index contributed by atoms with van der Waals surface area (Å²) in [7, 11) is -1.10. The predicted octanol–water partition coefficient (Wildman–Crippen LogP) is 5.72. The van der Waals surface area contributed by atoms with Crippen LogP contribution in [-0.2, 0) is 0 Å². The molecule has 0 unspecified atom stereocenters. The van der Waals surface area contributed by atoms with Crippen LogP contribution in [0.4, 0.5) is 0 Å². The predicted molar refractivity (Wildman–Crippen MR) is 126 cm³/mol. The molecule has 2 N–H and O–H groups in total. The van der Waals surface area contributed by atoms with Gasteiger partial charge in [0.1, 0.15) is 11.5 Å². The zero-order chi connectivity index (χ0) is 21.3. The van der Waals surface area contributed by atoms with Crippen molar-refractivity contribution in [2.45, 2.75) is 53.4 Å². The van der Waals surface area contributed by atoms with E-state index >= 15 is 0 Å². The quantitative estimate of drug-likeness (QED) is 0.532. The van der Waals surface area contributed by atoms with Crippen molar-refractivity contribution in [2.75, 3.05) is 0 Å². The topological polar surface area (TPSA) is 40.5 Å². The third kappa shape index (κ3) is 4.33. The highest BCUT2D eigenvalue weighted by atomic mass is 31.1. The number of hydrogen-bond acceptors (Lipinski definition) is 2. The Bertz CT molecular complexity index is 943. The first-order chi connectivity index (χ1) is 13.7. The van der Waals surface area contributed by atoms with Crippen LogP contribution in [0.5, 0.6) is 11.5 Å². The van der Waals surface area contributed by atoms with Gasteiger partial charge >= 0.3 is 0 Å². The molecule has 0 aromatic heterocycles. The molecule has 2 nitrogen and oxygen atoms in total. The minimum Gasteiger partial charge on any atom is -0.507 e. The standard InChI is InChI=1S/C26H31O2P/c1-16(2)21-12-18(5)14-23(25(21)27)29(20-10-8-7-9-11-20)24-15-19(6)13-22(17(3)4)26(24)28/h7-17,27-28H,1-6H3. The summed E-state index contributed by atoms with van der Waals surface area (Å²) in [4.78, 5) is 0. The van der Waals surface area contributed by atoms with Gasteiger partial charge in [-0.15, -0.1) is 0 Å². The molecule has 3 heteroatoms. The van der Waals surface area contributed by atoms with E-state index in [2.05, 4.69) is 77.9 Å². The first-order valence-corrected chi connectivity index (χ1v) is 11.6. The minimum atomic E-state index is -1.10. The molecule has 152 valence electrons. The van der Waals surface area contributed by atoms with E-state index in [4.69, 9.17) is 0 Å². The second-order valence-corrected chi connectivity index (χ2v) is 10.6. The summed E-state index contributed by atoms with van der Waals surface area (Å²) >= 11 is 0. The van der Waals surface area contributed by atoms with Gasteiger partial charge in [0.2, 0.25) is 0 Å². The van der Waals surface area contributed by atoms with Crippen molar-refractivity contribution in [1.82, 2.24) is 0 Å². The molecule has 0 saturated carbocycles. The highest BCUT2D eigenvalue weighted by Gasteiger charge is 2.26. The zero-order valence-electron chi connectivity index (χ0n) is 18.2. The molecule has 0 radical (unpaired) electrons. The Balaban J connectivity index is 2.36. The molecule has 0 heterocycles. The van der Waals surface area contributed by atoms with Gasteiger partial charge in [-0.2, -0.15) is 0 Å². The molecule has 0 bridgehead atoms. The molecule has 3 aromatic rings. The first kappa shape index (κ1) is 21.4.